The highest BCUT2D eigenvalue weighted by Gasteiger charge is 2.13. The van der Waals surface area contributed by atoms with Crippen molar-refractivity contribution in [1.82, 2.24) is 15.2 Å². The number of hydrogen-bond acceptors (Lipinski definition) is 7. The maximum Gasteiger partial charge on any atom is 0.244 e. The van der Waals surface area contributed by atoms with Crippen LogP contribution in [0, 0.1) is 0 Å². The summed E-state index contributed by atoms with van der Waals surface area (Å²) in [5.74, 6) is 2.82. The van der Waals surface area contributed by atoms with Crippen molar-refractivity contribution in [3.05, 3.63) is 30.0 Å². The van der Waals surface area contributed by atoms with Crippen molar-refractivity contribution in [3.8, 4) is 11.5 Å². The predicted octanol–water partition coefficient (Wildman–Crippen LogP) is 3.68. The molecule has 0 atom stereocenters. The smallest absolute Gasteiger partial charge is 0.244 e. The van der Waals surface area contributed by atoms with E-state index in [-0.39, 0.29) is 0 Å². The van der Waals surface area contributed by atoms with Gasteiger partial charge in [0.2, 0.25) is 5.95 Å². The fourth-order valence-electron chi connectivity index (χ4n) is 3.44. The molecule has 0 spiro atoms. The van der Waals surface area contributed by atoms with Crippen LogP contribution in [-0.4, -0.2) is 42.0 Å². The van der Waals surface area contributed by atoms with Crippen molar-refractivity contribution in [1.29, 1.82) is 0 Å². The van der Waals surface area contributed by atoms with Crippen molar-refractivity contribution in [2.24, 2.45) is 0 Å². The highest BCUT2D eigenvalue weighted by molar-refractivity contribution is 5.43. The summed E-state index contributed by atoms with van der Waals surface area (Å²) in [6, 6.07) is 6.43. The Bertz CT molecular complexity index is 717. The van der Waals surface area contributed by atoms with Gasteiger partial charge in [-0.2, -0.15) is 10.1 Å². The lowest BCUT2D eigenvalue weighted by atomic mass is 10.1. The van der Waals surface area contributed by atoms with Gasteiger partial charge in [0, 0.05) is 12.6 Å². The third-order valence-electron chi connectivity index (χ3n) is 4.91. The van der Waals surface area contributed by atoms with E-state index >= 15 is 0 Å². The molecule has 2 N–H and O–H groups in total. The first kappa shape index (κ1) is 19.2. The first-order valence-electron chi connectivity index (χ1n) is 9.69. The number of methoxy groups -OCH3 is 2. The molecule has 1 aliphatic carbocycles. The van der Waals surface area contributed by atoms with Crippen LogP contribution < -0.4 is 20.1 Å². The van der Waals surface area contributed by atoms with Crippen molar-refractivity contribution in [2.45, 2.75) is 51.0 Å². The van der Waals surface area contributed by atoms with Gasteiger partial charge in [-0.1, -0.05) is 31.7 Å². The van der Waals surface area contributed by atoms with Gasteiger partial charge in [-0.15, -0.1) is 5.10 Å². The Morgan fingerprint density at radius 1 is 1.04 bits per heavy atom. The lowest BCUT2D eigenvalue weighted by molar-refractivity contribution is 0.354. The summed E-state index contributed by atoms with van der Waals surface area (Å²) in [7, 11) is 3.28. The highest BCUT2D eigenvalue weighted by atomic mass is 16.5. The molecule has 1 aliphatic rings. The topological polar surface area (TPSA) is 81.2 Å². The van der Waals surface area contributed by atoms with Crippen LogP contribution >= 0.6 is 0 Å². The van der Waals surface area contributed by atoms with E-state index in [1.54, 1.807) is 20.4 Å². The molecule has 0 amide bonds. The van der Waals surface area contributed by atoms with E-state index in [9.17, 15) is 0 Å². The molecule has 0 saturated heterocycles. The van der Waals surface area contributed by atoms with Gasteiger partial charge in [0.15, 0.2) is 17.3 Å². The molecule has 1 heterocycles. The summed E-state index contributed by atoms with van der Waals surface area (Å²) in [4.78, 5) is 4.55. The average molecular weight is 371 g/mol. The highest BCUT2D eigenvalue weighted by Crippen LogP contribution is 2.27. The molecule has 1 aromatic carbocycles. The third-order valence-corrected chi connectivity index (χ3v) is 4.91. The summed E-state index contributed by atoms with van der Waals surface area (Å²) >= 11 is 0. The number of anilines is 2. The largest absolute Gasteiger partial charge is 0.493 e. The predicted molar refractivity (Wildman–Crippen MR) is 107 cm³/mol. The van der Waals surface area contributed by atoms with E-state index in [4.69, 9.17) is 9.47 Å². The summed E-state index contributed by atoms with van der Waals surface area (Å²) in [6.45, 7) is 0.712. The molecule has 1 saturated carbocycles. The van der Waals surface area contributed by atoms with Crippen molar-refractivity contribution in [2.75, 3.05) is 31.4 Å². The molecule has 0 bridgehead atoms. The Hall–Kier alpha value is -2.57. The summed E-state index contributed by atoms with van der Waals surface area (Å²) in [5, 5.41) is 14.9. The molecule has 0 radical (unpaired) electrons. The van der Waals surface area contributed by atoms with Gasteiger partial charge in [0.25, 0.3) is 0 Å². The SMILES string of the molecule is COc1ccc(CCNc2nncc(NC3CCCCCC3)n2)cc1OC. The average Bonchev–Trinajstić information content (AvgIpc) is 2.97. The van der Waals surface area contributed by atoms with Crippen LogP contribution in [0.5, 0.6) is 11.5 Å². The monoisotopic (exact) mass is 371 g/mol. The minimum atomic E-state index is 0.490. The molecule has 3 rings (SSSR count). The standard InChI is InChI=1S/C20H29N5O2/c1-26-17-10-9-15(13-18(17)27-2)11-12-21-20-24-19(14-22-25-20)23-16-7-5-3-4-6-8-16/h9-10,13-14,16H,3-8,11-12H2,1-2H3,(H2,21,23,24,25). The molecule has 1 fully saturated rings. The van der Waals surface area contributed by atoms with Crippen LogP contribution in [0.1, 0.15) is 44.1 Å². The van der Waals surface area contributed by atoms with Gasteiger partial charge in [-0.3, -0.25) is 0 Å². The Morgan fingerprint density at radius 3 is 2.56 bits per heavy atom. The Labute approximate surface area is 160 Å². The fraction of sp³-hybridized carbons (Fsp3) is 0.550. The second-order valence-corrected chi connectivity index (χ2v) is 6.86. The quantitative estimate of drug-likeness (QED) is 0.685. The molecule has 7 nitrogen and oxygen atoms in total. The zero-order chi connectivity index (χ0) is 18.9. The van der Waals surface area contributed by atoms with Crippen molar-refractivity contribution in [3.63, 3.8) is 0 Å². The maximum absolute atomic E-state index is 5.35. The number of hydrogen-bond donors (Lipinski definition) is 2. The van der Waals surface area contributed by atoms with E-state index in [1.165, 1.54) is 38.5 Å². The maximum atomic E-state index is 5.35. The van der Waals surface area contributed by atoms with E-state index in [0.29, 0.717) is 18.5 Å². The Morgan fingerprint density at radius 2 is 1.81 bits per heavy atom. The number of ether oxygens (including phenoxy) is 2. The number of nitrogens with one attached hydrogen (secondary N) is 2. The molecule has 0 unspecified atom stereocenters. The Kier molecular flexibility index (Phi) is 7.07. The first-order valence-corrected chi connectivity index (χ1v) is 9.69. The van der Waals surface area contributed by atoms with E-state index in [1.807, 2.05) is 18.2 Å². The van der Waals surface area contributed by atoms with Crippen molar-refractivity contribution < 1.29 is 9.47 Å². The molecule has 1 aromatic heterocycles. The summed E-state index contributed by atoms with van der Waals surface area (Å²) in [6.07, 6.45) is 10.2. The number of rotatable bonds is 8. The van der Waals surface area contributed by atoms with E-state index in [0.717, 1.165) is 29.3 Å². The van der Waals surface area contributed by atoms with E-state index < -0.39 is 0 Å². The number of nitrogens with zero attached hydrogens (tertiary/aromatic N) is 3. The molecule has 0 aliphatic heterocycles. The lowest BCUT2D eigenvalue weighted by Crippen LogP contribution is -2.20. The molecule has 7 heteroatoms. The van der Waals surface area contributed by atoms with Crippen LogP contribution in [0.3, 0.4) is 0 Å². The van der Waals surface area contributed by atoms with Gasteiger partial charge in [0.05, 0.1) is 20.4 Å². The van der Waals surface area contributed by atoms with Gasteiger partial charge in [0.1, 0.15) is 0 Å². The van der Waals surface area contributed by atoms with Crippen LogP contribution in [0.15, 0.2) is 24.4 Å². The number of aromatic nitrogens is 3. The van der Waals surface area contributed by atoms with Gasteiger partial charge in [-0.05, 0) is 37.0 Å². The Balaban J connectivity index is 1.52. The minimum Gasteiger partial charge on any atom is -0.493 e. The van der Waals surface area contributed by atoms with Crippen molar-refractivity contribution >= 4 is 11.8 Å². The van der Waals surface area contributed by atoms with Crippen LogP contribution in [0.2, 0.25) is 0 Å². The molecular formula is C20H29N5O2. The van der Waals surface area contributed by atoms with Crippen LogP contribution in [0.4, 0.5) is 11.8 Å². The molecule has 2 aromatic rings. The second-order valence-electron chi connectivity index (χ2n) is 6.86. The zero-order valence-electron chi connectivity index (χ0n) is 16.2. The fourth-order valence-corrected chi connectivity index (χ4v) is 3.44. The van der Waals surface area contributed by atoms with Gasteiger partial charge < -0.3 is 20.1 Å². The lowest BCUT2D eigenvalue weighted by Gasteiger charge is -2.16. The summed E-state index contributed by atoms with van der Waals surface area (Å²) < 4.78 is 10.6. The minimum absolute atomic E-state index is 0.490. The van der Waals surface area contributed by atoms with Crippen LogP contribution in [0.25, 0.3) is 0 Å². The molecular weight excluding hydrogens is 342 g/mol. The zero-order valence-corrected chi connectivity index (χ0v) is 16.2. The van der Waals surface area contributed by atoms with Gasteiger partial charge in [-0.25, -0.2) is 0 Å². The normalized spacial score (nSPS) is 15.0. The third kappa shape index (κ3) is 5.70. The van der Waals surface area contributed by atoms with Gasteiger partial charge >= 0.3 is 0 Å². The van der Waals surface area contributed by atoms with E-state index in [2.05, 4.69) is 25.8 Å². The summed E-state index contributed by atoms with van der Waals surface area (Å²) in [5.41, 5.74) is 1.15. The molecule has 146 valence electrons. The second kappa shape index (κ2) is 9.94. The molecule has 27 heavy (non-hydrogen) atoms. The van der Waals surface area contributed by atoms with Crippen LogP contribution in [-0.2, 0) is 6.42 Å². The first-order chi connectivity index (χ1) is 13.3. The number of benzene rings is 1.